The molecule has 0 aliphatic carbocycles. The van der Waals surface area contributed by atoms with Gasteiger partial charge in [0.15, 0.2) is 0 Å². The van der Waals surface area contributed by atoms with Crippen molar-refractivity contribution in [1.82, 2.24) is 15.8 Å². The lowest BCUT2D eigenvalue weighted by Crippen LogP contribution is -2.36. The Morgan fingerprint density at radius 2 is 2.14 bits per heavy atom. The van der Waals surface area contributed by atoms with Crippen molar-refractivity contribution in [2.24, 2.45) is 0 Å². The zero-order chi connectivity index (χ0) is 10.2. The lowest BCUT2D eigenvalue weighted by Gasteiger charge is -2.05. The first-order valence-electron chi connectivity index (χ1n) is 4.73. The van der Waals surface area contributed by atoms with Crippen LogP contribution in [-0.4, -0.2) is 10.9 Å². The molecular weight excluding hydrogens is 178 g/mol. The highest BCUT2D eigenvalue weighted by atomic mass is 16.2. The maximum Gasteiger partial charge on any atom is 0.234 e. The summed E-state index contributed by atoms with van der Waals surface area (Å²) in [5, 5.41) is 0. The lowest BCUT2D eigenvalue weighted by atomic mass is 10.3. The molecule has 4 heteroatoms. The van der Waals surface area contributed by atoms with E-state index in [1.54, 1.807) is 12.4 Å². The number of aromatic nitrogens is 1. The molecule has 0 atom stereocenters. The average Bonchev–Trinajstić information content (AvgIpc) is 2.20. The van der Waals surface area contributed by atoms with Crippen LogP contribution in [0.4, 0.5) is 0 Å². The van der Waals surface area contributed by atoms with Gasteiger partial charge in [-0.05, 0) is 24.1 Å². The molecular formula is C10H15N3O. The van der Waals surface area contributed by atoms with Crippen molar-refractivity contribution in [1.29, 1.82) is 0 Å². The molecule has 1 aromatic rings. The van der Waals surface area contributed by atoms with Crippen LogP contribution in [0, 0.1) is 0 Å². The minimum atomic E-state index is 0.0292. The topological polar surface area (TPSA) is 54.0 Å². The smallest absolute Gasteiger partial charge is 0.234 e. The second-order valence-corrected chi connectivity index (χ2v) is 3.01. The molecule has 0 saturated carbocycles. The van der Waals surface area contributed by atoms with Gasteiger partial charge in [-0.2, -0.15) is 0 Å². The Kier molecular flexibility index (Phi) is 4.64. The van der Waals surface area contributed by atoms with E-state index in [9.17, 15) is 4.79 Å². The Bertz CT molecular complexity index is 274. The predicted molar refractivity (Wildman–Crippen MR) is 54.1 cm³/mol. The molecule has 0 radical (unpaired) electrons. The molecule has 0 aliphatic heterocycles. The van der Waals surface area contributed by atoms with E-state index in [2.05, 4.69) is 15.8 Å². The molecule has 14 heavy (non-hydrogen) atoms. The van der Waals surface area contributed by atoms with Crippen molar-refractivity contribution in [3.8, 4) is 0 Å². The Labute approximate surface area is 83.7 Å². The number of amides is 1. The fourth-order valence-corrected chi connectivity index (χ4v) is 1.04. The van der Waals surface area contributed by atoms with Crippen LogP contribution in [0.1, 0.15) is 25.3 Å². The van der Waals surface area contributed by atoms with Gasteiger partial charge in [-0.25, -0.2) is 5.43 Å². The van der Waals surface area contributed by atoms with Crippen molar-refractivity contribution in [3.05, 3.63) is 30.1 Å². The molecule has 0 fully saturated rings. The second kappa shape index (κ2) is 6.10. The molecule has 1 amide bonds. The second-order valence-electron chi connectivity index (χ2n) is 3.01. The summed E-state index contributed by atoms with van der Waals surface area (Å²) in [6.45, 7) is 2.60. The van der Waals surface area contributed by atoms with Gasteiger partial charge < -0.3 is 0 Å². The minimum absolute atomic E-state index is 0.0292. The van der Waals surface area contributed by atoms with Gasteiger partial charge in [0.2, 0.25) is 5.91 Å². The van der Waals surface area contributed by atoms with E-state index in [0.717, 1.165) is 12.0 Å². The van der Waals surface area contributed by atoms with E-state index < -0.39 is 0 Å². The summed E-state index contributed by atoms with van der Waals surface area (Å²) in [6, 6.07) is 3.80. The number of nitrogens with one attached hydrogen (secondary N) is 2. The molecule has 0 unspecified atom stereocenters. The first-order chi connectivity index (χ1) is 6.83. The number of hydrogen-bond donors (Lipinski definition) is 2. The molecule has 0 aromatic carbocycles. The minimum Gasteiger partial charge on any atom is -0.291 e. The average molecular weight is 193 g/mol. The number of pyridine rings is 1. The number of carbonyl (C=O) groups is 1. The van der Waals surface area contributed by atoms with E-state index in [0.29, 0.717) is 13.0 Å². The monoisotopic (exact) mass is 193 g/mol. The number of hydrogen-bond acceptors (Lipinski definition) is 3. The third-order valence-corrected chi connectivity index (χ3v) is 1.75. The Balaban J connectivity index is 2.19. The van der Waals surface area contributed by atoms with Crippen LogP contribution in [-0.2, 0) is 11.3 Å². The SMILES string of the molecule is CCCC(=O)NNCc1ccncc1. The summed E-state index contributed by atoms with van der Waals surface area (Å²) in [5.74, 6) is 0.0292. The lowest BCUT2D eigenvalue weighted by molar-refractivity contribution is -0.122. The molecule has 2 N–H and O–H groups in total. The van der Waals surface area contributed by atoms with Gasteiger partial charge >= 0.3 is 0 Å². The van der Waals surface area contributed by atoms with Crippen LogP contribution in [0.25, 0.3) is 0 Å². The highest BCUT2D eigenvalue weighted by Crippen LogP contribution is 1.93. The largest absolute Gasteiger partial charge is 0.291 e. The molecule has 0 spiro atoms. The molecule has 0 saturated heterocycles. The quantitative estimate of drug-likeness (QED) is 0.686. The number of nitrogens with zero attached hydrogens (tertiary/aromatic N) is 1. The van der Waals surface area contributed by atoms with Crippen LogP contribution in [0.2, 0.25) is 0 Å². The molecule has 76 valence electrons. The molecule has 1 rings (SSSR count). The molecule has 1 aromatic heterocycles. The molecule has 0 aliphatic rings. The Hall–Kier alpha value is -1.42. The van der Waals surface area contributed by atoms with Crippen LogP contribution in [0.15, 0.2) is 24.5 Å². The Morgan fingerprint density at radius 3 is 2.79 bits per heavy atom. The van der Waals surface area contributed by atoms with Gasteiger partial charge in [0.25, 0.3) is 0 Å². The fourth-order valence-electron chi connectivity index (χ4n) is 1.04. The maximum absolute atomic E-state index is 11.0. The van der Waals surface area contributed by atoms with Gasteiger partial charge in [0.1, 0.15) is 0 Å². The van der Waals surface area contributed by atoms with Crippen molar-refractivity contribution >= 4 is 5.91 Å². The molecule has 1 heterocycles. The zero-order valence-electron chi connectivity index (χ0n) is 8.29. The third-order valence-electron chi connectivity index (χ3n) is 1.75. The highest BCUT2D eigenvalue weighted by Gasteiger charge is 1.96. The standard InChI is InChI=1S/C10H15N3O/c1-2-3-10(14)13-12-8-9-4-6-11-7-5-9/h4-7,12H,2-3,8H2,1H3,(H,13,14). The van der Waals surface area contributed by atoms with Gasteiger partial charge in [0, 0.05) is 25.4 Å². The summed E-state index contributed by atoms with van der Waals surface area (Å²) < 4.78 is 0. The third kappa shape index (κ3) is 4.00. The van der Waals surface area contributed by atoms with Gasteiger partial charge in [-0.1, -0.05) is 6.92 Å². The number of rotatable bonds is 5. The first-order valence-corrected chi connectivity index (χ1v) is 4.73. The van der Waals surface area contributed by atoms with Crippen LogP contribution >= 0.6 is 0 Å². The normalized spacial score (nSPS) is 9.79. The summed E-state index contributed by atoms with van der Waals surface area (Å²) in [5.41, 5.74) is 6.58. The maximum atomic E-state index is 11.0. The van der Waals surface area contributed by atoms with Crippen molar-refractivity contribution in [3.63, 3.8) is 0 Å². The van der Waals surface area contributed by atoms with Gasteiger partial charge in [0.05, 0.1) is 0 Å². The molecule has 0 bridgehead atoms. The van der Waals surface area contributed by atoms with Crippen molar-refractivity contribution in [2.45, 2.75) is 26.3 Å². The summed E-state index contributed by atoms with van der Waals surface area (Å²) in [6.07, 6.45) is 4.88. The zero-order valence-corrected chi connectivity index (χ0v) is 8.29. The van der Waals surface area contributed by atoms with Gasteiger partial charge in [-0.3, -0.25) is 15.2 Å². The van der Waals surface area contributed by atoms with E-state index in [-0.39, 0.29) is 5.91 Å². The van der Waals surface area contributed by atoms with Crippen LogP contribution in [0.5, 0.6) is 0 Å². The van der Waals surface area contributed by atoms with Crippen LogP contribution in [0.3, 0.4) is 0 Å². The van der Waals surface area contributed by atoms with E-state index in [4.69, 9.17) is 0 Å². The number of hydrazine groups is 1. The van der Waals surface area contributed by atoms with E-state index in [1.165, 1.54) is 0 Å². The summed E-state index contributed by atoms with van der Waals surface area (Å²) >= 11 is 0. The highest BCUT2D eigenvalue weighted by molar-refractivity contribution is 5.75. The predicted octanol–water partition coefficient (Wildman–Crippen LogP) is 1.00. The van der Waals surface area contributed by atoms with E-state index >= 15 is 0 Å². The van der Waals surface area contributed by atoms with Crippen molar-refractivity contribution in [2.75, 3.05) is 0 Å². The number of carbonyl (C=O) groups excluding carboxylic acids is 1. The van der Waals surface area contributed by atoms with Gasteiger partial charge in [-0.15, -0.1) is 0 Å². The fraction of sp³-hybridized carbons (Fsp3) is 0.400. The Morgan fingerprint density at radius 1 is 1.43 bits per heavy atom. The first kappa shape index (κ1) is 10.7. The van der Waals surface area contributed by atoms with Crippen molar-refractivity contribution < 1.29 is 4.79 Å². The summed E-state index contributed by atoms with van der Waals surface area (Å²) in [7, 11) is 0. The van der Waals surface area contributed by atoms with E-state index in [1.807, 2.05) is 19.1 Å². The molecule has 4 nitrogen and oxygen atoms in total. The van der Waals surface area contributed by atoms with Crippen LogP contribution < -0.4 is 10.9 Å². The summed E-state index contributed by atoms with van der Waals surface area (Å²) in [4.78, 5) is 15.0.